The lowest BCUT2D eigenvalue weighted by Gasteiger charge is -2.24. The molecule has 0 amide bonds. The van der Waals surface area contributed by atoms with E-state index in [2.05, 4.69) is 16.8 Å². The van der Waals surface area contributed by atoms with Crippen molar-refractivity contribution in [3.63, 3.8) is 0 Å². The standard InChI is InChI=1S/C32H27F2NO3S/c1-32(38,24-9-13-26(14-10-24)39-19-27(31(36)37)22-6-7-22)18-21-4-2-3-20(15-21)5-11-25-12-8-23-16-28(33)29(34)17-30(23)35-25/h2-4,8-10,12-17,22,27,38H,6-7,18-19H2,1H3,(H,36,37). The molecule has 4 aromatic rings. The van der Waals surface area contributed by atoms with E-state index in [1.54, 1.807) is 19.1 Å². The topological polar surface area (TPSA) is 70.4 Å². The fourth-order valence-electron chi connectivity index (χ4n) is 4.59. The Morgan fingerprint density at radius 1 is 1.05 bits per heavy atom. The monoisotopic (exact) mass is 543 g/mol. The number of carboxylic acids is 1. The SMILES string of the molecule is CC(O)(Cc1cccc(C#Cc2ccc3cc(F)c(F)cc3n2)c1)c1ccc(SCC(C(=O)O)C2CC2)cc1. The summed E-state index contributed by atoms with van der Waals surface area (Å²) in [5, 5.41) is 21.2. The molecule has 198 valence electrons. The van der Waals surface area contributed by atoms with Gasteiger partial charge in [0.2, 0.25) is 0 Å². The van der Waals surface area contributed by atoms with Crippen LogP contribution in [0.4, 0.5) is 8.78 Å². The summed E-state index contributed by atoms with van der Waals surface area (Å²) in [6.07, 6.45) is 2.36. The first-order chi connectivity index (χ1) is 18.7. The molecular weight excluding hydrogens is 516 g/mol. The van der Waals surface area contributed by atoms with E-state index in [1.807, 2.05) is 48.5 Å². The second-order valence-corrected chi connectivity index (χ2v) is 11.3. The summed E-state index contributed by atoms with van der Waals surface area (Å²) >= 11 is 1.54. The quantitative estimate of drug-likeness (QED) is 0.194. The number of carbonyl (C=O) groups is 1. The Bertz CT molecular complexity index is 1590. The highest BCUT2D eigenvalue weighted by Gasteiger charge is 2.36. The summed E-state index contributed by atoms with van der Waals surface area (Å²) in [4.78, 5) is 16.8. The van der Waals surface area contributed by atoms with Crippen LogP contribution in [-0.4, -0.2) is 26.9 Å². The molecule has 7 heteroatoms. The number of nitrogens with zero attached hydrogens (tertiary/aromatic N) is 1. The molecule has 1 aliphatic rings. The molecule has 0 bridgehead atoms. The Kier molecular flexibility index (Phi) is 7.69. The number of halogens is 2. The summed E-state index contributed by atoms with van der Waals surface area (Å²) in [5.41, 5.74) is 2.07. The molecule has 2 N–H and O–H groups in total. The molecule has 1 fully saturated rings. The second-order valence-electron chi connectivity index (χ2n) is 10.2. The van der Waals surface area contributed by atoms with Crippen LogP contribution in [0.25, 0.3) is 10.9 Å². The van der Waals surface area contributed by atoms with Gasteiger partial charge in [0, 0.05) is 34.1 Å². The zero-order valence-corrected chi connectivity index (χ0v) is 22.1. The second kappa shape index (κ2) is 11.2. The van der Waals surface area contributed by atoms with Crippen molar-refractivity contribution in [1.29, 1.82) is 0 Å². The Morgan fingerprint density at radius 3 is 2.51 bits per heavy atom. The number of thioether (sulfide) groups is 1. The van der Waals surface area contributed by atoms with Gasteiger partial charge in [-0.3, -0.25) is 4.79 Å². The van der Waals surface area contributed by atoms with Gasteiger partial charge in [0.25, 0.3) is 0 Å². The molecule has 0 spiro atoms. The van der Waals surface area contributed by atoms with Crippen LogP contribution in [0, 0.1) is 35.3 Å². The summed E-state index contributed by atoms with van der Waals surface area (Å²) in [7, 11) is 0. The van der Waals surface area contributed by atoms with E-state index in [0.29, 0.717) is 34.7 Å². The number of hydrogen-bond acceptors (Lipinski definition) is 4. The third-order valence-corrected chi connectivity index (χ3v) is 8.09. The predicted molar refractivity (Wildman–Crippen MR) is 148 cm³/mol. The average molecular weight is 544 g/mol. The lowest BCUT2D eigenvalue weighted by atomic mass is 9.88. The molecule has 39 heavy (non-hydrogen) atoms. The fraction of sp³-hybridized carbons (Fsp3) is 0.250. The lowest BCUT2D eigenvalue weighted by molar-refractivity contribution is -0.141. The van der Waals surface area contributed by atoms with Crippen LogP contribution < -0.4 is 0 Å². The number of pyridine rings is 1. The Labute approximate surface area is 230 Å². The van der Waals surface area contributed by atoms with Gasteiger partial charge in [-0.2, -0.15) is 0 Å². The molecule has 0 radical (unpaired) electrons. The van der Waals surface area contributed by atoms with Crippen molar-refractivity contribution in [3.05, 3.63) is 107 Å². The molecule has 1 aromatic heterocycles. The van der Waals surface area contributed by atoms with Crippen LogP contribution in [0.5, 0.6) is 0 Å². The lowest BCUT2D eigenvalue weighted by Crippen LogP contribution is -2.24. The average Bonchev–Trinajstić information content (AvgIpc) is 3.74. The highest BCUT2D eigenvalue weighted by Crippen LogP contribution is 2.40. The van der Waals surface area contributed by atoms with Gasteiger partial charge in [0.15, 0.2) is 11.6 Å². The van der Waals surface area contributed by atoms with Gasteiger partial charge in [-0.1, -0.05) is 30.2 Å². The number of aliphatic carboxylic acids is 1. The van der Waals surface area contributed by atoms with Crippen LogP contribution in [0.15, 0.2) is 77.7 Å². The number of aromatic nitrogens is 1. The molecule has 0 aliphatic heterocycles. The zero-order chi connectivity index (χ0) is 27.6. The van der Waals surface area contributed by atoms with E-state index in [-0.39, 0.29) is 5.92 Å². The molecule has 1 saturated carbocycles. The van der Waals surface area contributed by atoms with Crippen molar-refractivity contribution >= 4 is 28.6 Å². The maximum atomic E-state index is 13.6. The normalized spacial score (nSPS) is 15.3. The van der Waals surface area contributed by atoms with Gasteiger partial charge in [0.05, 0.1) is 17.0 Å². The van der Waals surface area contributed by atoms with Crippen LogP contribution >= 0.6 is 11.8 Å². The summed E-state index contributed by atoms with van der Waals surface area (Å²) in [5.74, 6) is 3.99. The van der Waals surface area contributed by atoms with Crippen LogP contribution in [0.3, 0.4) is 0 Å². The van der Waals surface area contributed by atoms with Crippen molar-refractivity contribution in [3.8, 4) is 11.8 Å². The number of fused-ring (bicyclic) bond motifs is 1. The number of aliphatic hydroxyl groups is 1. The Hall–Kier alpha value is -3.73. The Morgan fingerprint density at radius 2 is 1.79 bits per heavy atom. The first kappa shape index (κ1) is 26.9. The van der Waals surface area contributed by atoms with E-state index >= 15 is 0 Å². The molecule has 1 heterocycles. The largest absolute Gasteiger partial charge is 0.481 e. The van der Waals surface area contributed by atoms with Gasteiger partial charge in [0.1, 0.15) is 5.69 Å². The summed E-state index contributed by atoms with van der Waals surface area (Å²) in [6.45, 7) is 1.77. The van der Waals surface area contributed by atoms with Crippen LogP contribution in [0.2, 0.25) is 0 Å². The number of benzene rings is 3. The molecule has 2 unspecified atom stereocenters. The van der Waals surface area contributed by atoms with Crippen molar-refractivity contribution in [2.75, 3.05) is 5.75 Å². The van der Waals surface area contributed by atoms with E-state index in [9.17, 15) is 23.8 Å². The third-order valence-electron chi connectivity index (χ3n) is 6.96. The van der Waals surface area contributed by atoms with Crippen molar-refractivity contribution in [2.45, 2.75) is 36.7 Å². The van der Waals surface area contributed by atoms with E-state index in [4.69, 9.17) is 0 Å². The molecule has 0 saturated heterocycles. The maximum absolute atomic E-state index is 13.6. The van der Waals surface area contributed by atoms with E-state index in [0.717, 1.165) is 46.6 Å². The third kappa shape index (κ3) is 6.65. The number of hydrogen-bond donors (Lipinski definition) is 2. The zero-order valence-electron chi connectivity index (χ0n) is 21.3. The first-order valence-corrected chi connectivity index (χ1v) is 13.7. The maximum Gasteiger partial charge on any atom is 0.307 e. The number of rotatable bonds is 8. The minimum atomic E-state index is -1.12. The first-order valence-electron chi connectivity index (χ1n) is 12.7. The van der Waals surface area contributed by atoms with Crippen molar-refractivity contribution in [1.82, 2.24) is 4.98 Å². The minimum Gasteiger partial charge on any atom is -0.481 e. The van der Waals surface area contributed by atoms with Gasteiger partial charge in [-0.05, 0) is 85.2 Å². The van der Waals surface area contributed by atoms with Gasteiger partial charge in [-0.25, -0.2) is 13.8 Å². The van der Waals surface area contributed by atoms with Crippen molar-refractivity contribution in [2.24, 2.45) is 11.8 Å². The highest BCUT2D eigenvalue weighted by atomic mass is 32.2. The highest BCUT2D eigenvalue weighted by molar-refractivity contribution is 7.99. The van der Waals surface area contributed by atoms with E-state index in [1.165, 1.54) is 11.8 Å². The summed E-state index contributed by atoms with van der Waals surface area (Å²) < 4.78 is 27.0. The van der Waals surface area contributed by atoms with Crippen molar-refractivity contribution < 1.29 is 23.8 Å². The van der Waals surface area contributed by atoms with E-state index < -0.39 is 23.2 Å². The van der Waals surface area contributed by atoms with Crippen LogP contribution in [-0.2, 0) is 16.8 Å². The number of carboxylic acid groups (broad SMARTS) is 1. The Balaban J connectivity index is 1.25. The van der Waals surface area contributed by atoms with Gasteiger partial charge < -0.3 is 10.2 Å². The molecule has 3 aromatic carbocycles. The van der Waals surface area contributed by atoms with Crippen LogP contribution in [0.1, 0.15) is 42.1 Å². The smallest absolute Gasteiger partial charge is 0.307 e. The summed E-state index contributed by atoms with van der Waals surface area (Å²) in [6, 6.07) is 20.7. The predicted octanol–water partition coefficient (Wildman–Crippen LogP) is 6.57. The minimum absolute atomic E-state index is 0.301. The van der Waals surface area contributed by atoms with Gasteiger partial charge in [-0.15, -0.1) is 11.8 Å². The molecular formula is C32H27F2NO3S. The van der Waals surface area contributed by atoms with Gasteiger partial charge >= 0.3 is 5.97 Å². The fourth-order valence-corrected chi connectivity index (χ4v) is 5.70. The molecule has 4 nitrogen and oxygen atoms in total. The molecule has 2 atom stereocenters. The molecule has 1 aliphatic carbocycles. The molecule has 5 rings (SSSR count).